The number of carbonyl (C=O) groups is 1. The molecule has 7 heteroatoms. The van der Waals surface area contributed by atoms with E-state index in [0.29, 0.717) is 5.56 Å². The van der Waals surface area contributed by atoms with Crippen LogP contribution in [-0.4, -0.2) is 16.2 Å². The van der Waals surface area contributed by atoms with Crippen molar-refractivity contribution in [1.82, 2.24) is 0 Å². The first-order valence-corrected chi connectivity index (χ1v) is 5.87. The number of nitrogens with zero attached hydrogens (tertiary/aromatic N) is 1. The van der Waals surface area contributed by atoms with Crippen molar-refractivity contribution < 1.29 is 24.0 Å². The molecular formula is C14H10FNO5. The molecule has 0 heterocycles. The van der Waals surface area contributed by atoms with Gasteiger partial charge in [0.15, 0.2) is 6.10 Å². The van der Waals surface area contributed by atoms with Crippen LogP contribution in [0.2, 0.25) is 0 Å². The number of carboxylic acid groups (broad SMARTS) is 1. The maximum atomic E-state index is 13.8. The molecule has 0 saturated carbocycles. The summed E-state index contributed by atoms with van der Waals surface area (Å²) in [4.78, 5) is 20.8. The lowest BCUT2D eigenvalue weighted by Gasteiger charge is -2.17. The van der Waals surface area contributed by atoms with Crippen LogP contribution in [0.15, 0.2) is 48.5 Å². The van der Waals surface area contributed by atoms with E-state index in [2.05, 4.69) is 0 Å². The zero-order valence-corrected chi connectivity index (χ0v) is 10.6. The Balaban J connectivity index is 2.43. The van der Waals surface area contributed by atoms with Crippen molar-refractivity contribution in [2.24, 2.45) is 0 Å². The molecule has 1 N–H and O–H groups in total. The van der Waals surface area contributed by atoms with Crippen LogP contribution in [0.1, 0.15) is 17.2 Å². The predicted octanol–water partition coefficient (Wildman–Crippen LogP) is 3.52. The van der Waals surface area contributed by atoms with Gasteiger partial charge in [0.25, 0.3) is 5.69 Å². The van der Waals surface area contributed by atoms with Crippen molar-refractivity contribution in [3.05, 3.63) is 75.6 Å². The molecule has 0 aliphatic rings. The number of non-ortho nitro benzene ring substituents is 1. The van der Waals surface area contributed by atoms with E-state index in [1.165, 1.54) is 42.5 Å². The topological polar surface area (TPSA) is 89.7 Å². The standard InChI is InChI=1S/C14H10FNO5/c15-12-4-2-1-3-11(12)13(21-14(17)18)9-5-7-10(8-6-9)16(19)20/h1-8,13H,(H,17,18). The maximum absolute atomic E-state index is 13.8. The number of hydrogen-bond donors (Lipinski definition) is 1. The van der Waals surface area contributed by atoms with E-state index in [0.717, 1.165) is 0 Å². The molecule has 1 atom stereocenters. The van der Waals surface area contributed by atoms with Crippen molar-refractivity contribution in [1.29, 1.82) is 0 Å². The van der Waals surface area contributed by atoms with E-state index < -0.39 is 23.0 Å². The molecule has 108 valence electrons. The van der Waals surface area contributed by atoms with Crippen LogP contribution in [0.25, 0.3) is 0 Å². The van der Waals surface area contributed by atoms with Crippen molar-refractivity contribution in [3.8, 4) is 0 Å². The number of rotatable bonds is 4. The summed E-state index contributed by atoms with van der Waals surface area (Å²) in [6.45, 7) is 0. The average molecular weight is 291 g/mol. The number of nitro groups is 1. The molecule has 0 aliphatic carbocycles. The minimum atomic E-state index is -1.57. The lowest BCUT2D eigenvalue weighted by molar-refractivity contribution is -0.384. The smallest absolute Gasteiger partial charge is 0.450 e. The van der Waals surface area contributed by atoms with Crippen LogP contribution in [0.3, 0.4) is 0 Å². The van der Waals surface area contributed by atoms with E-state index in [-0.39, 0.29) is 11.3 Å². The summed E-state index contributed by atoms with van der Waals surface area (Å²) < 4.78 is 18.5. The highest BCUT2D eigenvalue weighted by atomic mass is 19.1. The highest BCUT2D eigenvalue weighted by molar-refractivity contribution is 5.58. The Morgan fingerprint density at radius 1 is 1.19 bits per heavy atom. The number of benzene rings is 2. The molecule has 21 heavy (non-hydrogen) atoms. The zero-order chi connectivity index (χ0) is 15.4. The van der Waals surface area contributed by atoms with Gasteiger partial charge in [-0.15, -0.1) is 0 Å². The second-order valence-electron chi connectivity index (χ2n) is 4.13. The third-order valence-corrected chi connectivity index (χ3v) is 2.81. The zero-order valence-electron chi connectivity index (χ0n) is 10.6. The molecule has 0 fully saturated rings. The monoisotopic (exact) mass is 291 g/mol. The molecule has 2 aromatic rings. The highest BCUT2D eigenvalue weighted by Crippen LogP contribution is 2.29. The lowest BCUT2D eigenvalue weighted by atomic mass is 10.0. The molecule has 0 spiro atoms. The van der Waals surface area contributed by atoms with Gasteiger partial charge >= 0.3 is 6.16 Å². The summed E-state index contributed by atoms with van der Waals surface area (Å²) in [7, 11) is 0. The number of nitro benzene ring substituents is 1. The summed E-state index contributed by atoms with van der Waals surface area (Å²) in [5.74, 6) is -0.623. The Labute approximate surface area is 118 Å². The van der Waals surface area contributed by atoms with E-state index in [4.69, 9.17) is 9.84 Å². The Morgan fingerprint density at radius 3 is 2.33 bits per heavy atom. The minimum Gasteiger partial charge on any atom is -0.450 e. The van der Waals surface area contributed by atoms with Crippen molar-refractivity contribution in [3.63, 3.8) is 0 Å². The van der Waals surface area contributed by atoms with E-state index >= 15 is 0 Å². The van der Waals surface area contributed by atoms with Gasteiger partial charge in [-0.2, -0.15) is 0 Å². The first-order valence-electron chi connectivity index (χ1n) is 5.87. The summed E-state index contributed by atoms with van der Waals surface area (Å²) in [5.41, 5.74) is 0.184. The molecule has 0 bridgehead atoms. The van der Waals surface area contributed by atoms with Crippen LogP contribution in [0.4, 0.5) is 14.9 Å². The molecule has 0 aliphatic heterocycles. The van der Waals surface area contributed by atoms with Crippen molar-refractivity contribution in [2.45, 2.75) is 6.10 Å². The van der Waals surface area contributed by atoms with Crippen LogP contribution < -0.4 is 0 Å². The van der Waals surface area contributed by atoms with Crippen LogP contribution in [-0.2, 0) is 4.74 Å². The molecule has 0 amide bonds. The van der Waals surface area contributed by atoms with Gasteiger partial charge < -0.3 is 9.84 Å². The molecule has 2 rings (SSSR count). The van der Waals surface area contributed by atoms with Gasteiger partial charge in [0, 0.05) is 17.7 Å². The number of hydrogen-bond acceptors (Lipinski definition) is 4. The lowest BCUT2D eigenvalue weighted by Crippen LogP contribution is -2.12. The quantitative estimate of drug-likeness (QED) is 0.529. The first kappa shape index (κ1) is 14.4. The summed E-state index contributed by atoms with van der Waals surface area (Å²) in [6, 6.07) is 10.6. The number of halogens is 1. The Morgan fingerprint density at radius 2 is 1.81 bits per heavy atom. The fourth-order valence-electron chi connectivity index (χ4n) is 1.87. The van der Waals surface area contributed by atoms with Gasteiger partial charge in [-0.05, 0) is 23.8 Å². The number of ether oxygens (including phenoxy) is 1. The Bertz CT molecular complexity index is 671. The molecule has 2 aromatic carbocycles. The third-order valence-electron chi connectivity index (χ3n) is 2.81. The molecule has 0 aromatic heterocycles. The van der Waals surface area contributed by atoms with Gasteiger partial charge in [-0.1, -0.05) is 18.2 Å². The fourth-order valence-corrected chi connectivity index (χ4v) is 1.87. The first-order chi connectivity index (χ1) is 9.99. The summed E-state index contributed by atoms with van der Waals surface area (Å²) in [6.07, 6.45) is -2.76. The van der Waals surface area contributed by atoms with Gasteiger partial charge in [0.1, 0.15) is 5.82 Å². The Kier molecular flexibility index (Phi) is 4.13. The molecule has 6 nitrogen and oxygen atoms in total. The Hall–Kier alpha value is -2.96. The van der Waals surface area contributed by atoms with E-state index in [1.807, 2.05) is 0 Å². The van der Waals surface area contributed by atoms with Gasteiger partial charge in [-0.3, -0.25) is 10.1 Å². The maximum Gasteiger partial charge on any atom is 0.506 e. The second kappa shape index (κ2) is 6.00. The van der Waals surface area contributed by atoms with Crippen molar-refractivity contribution >= 4 is 11.8 Å². The SMILES string of the molecule is O=C(O)OC(c1ccc([N+](=O)[O-])cc1)c1ccccc1F. The normalized spacial score (nSPS) is 11.7. The largest absolute Gasteiger partial charge is 0.506 e. The summed E-state index contributed by atoms with van der Waals surface area (Å²) >= 11 is 0. The molecular weight excluding hydrogens is 281 g/mol. The van der Waals surface area contributed by atoms with Gasteiger partial charge in [0.05, 0.1) is 4.92 Å². The van der Waals surface area contributed by atoms with E-state index in [1.54, 1.807) is 6.07 Å². The molecule has 1 unspecified atom stereocenters. The van der Waals surface area contributed by atoms with Crippen LogP contribution in [0, 0.1) is 15.9 Å². The average Bonchev–Trinajstić information content (AvgIpc) is 2.45. The fraction of sp³-hybridized carbons (Fsp3) is 0.0714. The minimum absolute atomic E-state index is 0.0359. The third kappa shape index (κ3) is 3.33. The highest BCUT2D eigenvalue weighted by Gasteiger charge is 2.22. The second-order valence-corrected chi connectivity index (χ2v) is 4.13. The van der Waals surface area contributed by atoms with Crippen molar-refractivity contribution in [2.75, 3.05) is 0 Å². The predicted molar refractivity (Wildman–Crippen MR) is 70.4 cm³/mol. The van der Waals surface area contributed by atoms with Gasteiger partial charge in [0.2, 0.25) is 0 Å². The van der Waals surface area contributed by atoms with E-state index in [9.17, 15) is 19.3 Å². The van der Waals surface area contributed by atoms with Crippen LogP contribution >= 0.6 is 0 Å². The molecule has 0 saturated heterocycles. The van der Waals surface area contributed by atoms with Gasteiger partial charge in [-0.25, -0.2) is 9.18 Å². The molecule has 0 radical (unpaired) electrons. The summed E-state index contributed by atoms with van der Waals surface area (Å²) in [5, 5.41) is 19.4. The van der Waals surface area contributed by atoms with Crippen LogP contribution in [0.5, 0.6) is 0 Å².